The summed E-state index contributed by atoms with van der Waals surface area (Å²) in [6.45, 7) is 6.15. The zero-order valence-corrected chi connectivity index (χ0v) is 15.6. The van der Waals surface area contributed by atoms with Gasteiger partial charge in [0.05, 0.1) is 15.5 Å². The van der Waals surface area contributed by atoms with Crippen molar-refractivity contribution in [3.05, 3.63) is 58.6 Å². The average molecular weight is 366 g/mol. The van der Waals surface area contributed by atoms with Crippen LogP contribution in [-0.4, -0.2) is 20.6 Å². The molecule has 0 aliphatic rings. The first kappa shape index (κ1) is 18.5. The Morgan fingerprint density at radius 2 is 1.71 bits per heavy atom. The van der Waals surface area contributed by atoms with E-state index in [1.807, 2.05) is 24.3 Å². The van der Waals surface area contributed by atoms with Crippen LogP contribution in [0.2, 0.25) is 5.02 Å². The van der Waals surface area contributed by atoms with E-state index in [1.54, 1.807) is 0 Å². The first-order valence-corrected chi connectivity index (χ1v) is 9.67. The summed E-state index contributed by atoms with van der Waals surface area (Å²) in [4.78, 5) is 12.7. The molecule has 0 unspecified atom stereocenters. The third kappa shape index (κ3) is 4.16. The molecule has 2 aromatic carbocycles. The number of rotatable bonds is 3. The van der Waals surface area contributed by atoms with Gasteiger partial charge in [-0.2, -0.15) is 0 Å². The van der Waals surface area contributed by atoms with E-state index in [-0.39, 0.29) is 20.9 Å². The van der Waals surface area contributed by atoms with Crippen molar-refractivity contribution in [2.75, 3.05) is 11.6 Å². The number of amides is 1. The van der Waals surface area contributed by atoms with Gasteiger partial charge in [-0.05, 0) is 35.2 Å². The van der Waals surface area contributed by atoms with Crippen molar-refractivity contribution in [3.63, 3.8) is 0 Å². The van der Waals surface area contributed by atoms with Crippen molar-refractivity contribution in [2.24, 2.45) is 0 Å². The Balaban J connectivity index is 2.42. The summed E-state index contributed by atoms with van der Waals surface area (Å²) < 4.78 is 23.4. The van der Waals surface area contributed by atoms with E-state index in [0.29, 0.717) is 5.69 Å². The summed E-state index contributed by atoms with van der Waals surface area (Å²) in [5.74, 6) is -0.442. The van der Waals surface area contributed by atoms with Crippen LogP contribution in [0.25, 0.3) is 0 Å². The van der Waals surface area contributed by atoms with E-state index in [9.17, 15) is 13.2 Å². The summed E-state index contributed by atoms with van der Waals surface area (Å²) in [7, 11) is -3.42. The number of hydrogen-bond acceptors (Lipinski definition) is 3. The molecular formula is C18H20ClNO3S. The van der Waals surface area contributed by atoms with Crippen LogP contribution in [0.15, 0.2) is 47.4 Å². The Kier molecular flexibility index (Phi) is 5.06. The zero-order valence-electron chi connectivity index (χ0n) is 14.1. The van der Waals surface area contributed by atoms with Gasteiger partial charge >= 0.3 is 0 Å². The van der Waals surface area contributed by atoms with E-state index in [4.69, 9.17) is 11.6 Å². The molecule has 0 saturated carbocycles. The highest BCUT2D eigenvalue weighted by atomic mass is 35.5. The van der Waals surface area contributed by atoms with Gasteiger partial charge in [0.2, 0.25) is 0 Å². The number of hydrogen-bond donors (Lipinski definition) is 1. The molecule has 0 spiro atoms. The van der Waals surface area contributed by atoms with Crippen molar-refractivity contribution in [1.82, 2.24) is 0 Å². The average Bonchev–Trinajstić information content (AvgIpc) is 2.45. The molecule has 2 rings (SSSR count). The van der Waals surface area contributed by atoms with Crippen LogP contribution >= 0.6 is 11.6 Å². The van der Waals surface area contributed by atoms with Crippen LogP contribution in [-0.2, 0) is 15.3 Å². The molecule has 2 aromatic rings. The zero-order chi connectivity index (χ0) is 18.1. The Labute approximate surface area is 147 Å². The molecule has 0 saturated heterocycles. The van der Waals surface area contributed by atoms with Crippen LogP contribution in [0, 0.1) is 0 Å². The fourth-order valence-corrected chi connectivity index (χ4v) is 3.20. The monoisotopic (exact) mass is 365 g/mol. The second-order valence-electron chi connectivity index (χ2n) is 6.66. The summed E-state index contributed by atoms with van der Waals surface area (Å²) in [5, 5.41) is 3.04. The Morgan fingerprint density at radius 1 is 1.08 bits per heavy atom. The maximum Gasteiger partial charge on any atom is 0.257 e. The highest BCUT2D eigenvalue weighted by Gasteiger charge is 2.20. The van der Waals surface area contributed by atoms with Crippen LogP contribution < -0.4 is 5.32 Å². The lowest BCUT2D eigenvalue weighted by Gasteiger charge is -2.23. The van der Waals surface area contributed by atoms with Gasteiger partial charge in [0.1, 0.15) is 0 Å². The summed E-state index contributed by atoms with van der Waals surface area (Å²) in [6.07, 6.45) is 1.09. The Morgan fingerprint density at radius 3 is 2.29 bits per heavy atom. The third-order valence-corrected chi connectivity index (χ3v) is 5.03. The smallest absolute Gasteiger partial charge is 0.257 e. The predicted octanol–water partition coefficient (Wildman–Crippen LogP) is 4.29. The number of sulfone groups is 1. The Hall–Kier alpha value is -1.85. The van der Waals surface area contributed by atoms with Crippen molar-refractivity contribution >= 4 is 33.0 Å². The van der Waals surface area contributed by atoms with Crippen molar-refractivity contribution < 1.29 is 13.2 Å². The van der Waals surface area contributed by atoms with Crippen LogP contribution in [0.4, 0.5) is 5.69 Å². The highest BCUT2D eigenvalue weighted by Crippen LogP contribution is 2.30. The van der Waals surface area contributed by atoms with Crippen molar-refractivity contribution in [2.45, 2.75) is 31.1 Å². The van der Waals surface area contributed by atoms with Gasteiger partial charge in [0.25, 0.3) is 5.91 Å². The van der Waals surface area contributed by atoms with Gasteiger partial charge in [-0.25, -0.2) is 8.42 Å². The maximum absolute atomic E-state index is 12.6. The Bertz CT molecular complexity index is 883. The van der Waals surface area contributed by atoms with Crippen molar-refractivity contribution in [3.8, 4) is 0 Å². The van der Waals surface area contributed by atoms with E-state index in [2.05, 4.69) is 26.1 Å². The quantitative estimate of drug-likeness (QED) is 0.882. The fourth-order valence-electron chi connectivity index (χ4n) is 2.34. The SMILES string of the molecule is CC(C)(C)c1ccccc1NC(=O)c1cc(S(C)(=O)=O)ccc1Cl. The summed E-state index contributed by atoms with van der Waals surface area (Å²) in [6, 6.07) is 11.6. The van der Waals surface area contributed by atoms with Gasteiger partial charge in [0.15, 0.2) is 9.84 Å². The van der Waals surface area contributed by atoms with Crippen LogP contribution in [0.3, 0.4) is 0 Å². The molecule has 4 nitrogen and oxygen atoms in total. The van der Waals surface area contributed by atoms with Gasteiger partial charge < -0.3 is 5.32 Å². The number of halogens is 1. The van der Waals surface area contributed by atoms with Gasteiger partial charge in [-0.1, -0.05) is 50.6 Å². The highest BCUT2D eigenvalue weighted by molar-refractivity contribution is 7.90. The predicted molar refractivity (Wildman–Crippen MR) is 97.7 cm³/mol. The van der Waals surface area contributed by atoms with Gasteiger partial charge in [-0.15, -0.1) is 0 Å². The first-order valence-electron chi connectivity index (χ1n) is 7.40. The molecule has 0 heterocycles. The lowest BCUT2D eigenvalue weighted by atomic mass is 9.86. The molecule has 0 aliphatic carbocycles. The molecule has 0 aliphatic heterocycles. The third-order valence-electron chi connectivity index (χ3n) is 3.59. The molecule has 1 N–H and O–H groups in total. The number of nitrogens with one attached hydrogen (secondary N) is 1. The van der Waals surface area contributed by atoms with Gasteiger partial charge in [-0.3, -0.25) is 4.79 Å². The number of carbonyl (C=O) groups excluding carboxylic acids is 1. The number of benzene rings is 2. The molecule has 1 amide bonds. The first-order chi connectivity index (χ1) is 11.0. The number of carbonyl (C=O) groups is 1. The largest absolute Gasteiger partial charge is 0.322 e. The standard InChI is InChI=1S/C18H20ClNO3S/c1-18(2,3)14-7-5-6-8-16(14)20-17(21)13-11-12(24(4,22)23)9-10-15(13)19/h5-11H,1-4H3,(H,20,21). The molecule has 0 atom stereocenters. The molecule has 0 bridgehead atoms. The molecule has 128 valence electrons. The molecule has 0 fully saturated rings. The molecule has 0 radical (unpaired) electrons. The molecule has 6 heteroatoms. The minimum Gasteiger partial charge on any atom is -0.322 e. The van der Waals surface area contributed by atoms with Crippen LogP contribution in [0.1, 0.15) is 36.7 Å². The summed E-state index contributed by atoms with van der Waals surface area (Å²) >= 11 is 6.08. The topological polar surface area (TPSA) is 63.2 Å². The molecular weight excluding hydrogens is 346 g/mol. The molecule has 0 aromatic heterocycles. The second-order valence-corrected chi connectivity index (χ2v) is 9.09. The van der Waals surface area contributed by atoms with Crippen molar-refractivity contribution in [1.29, 1.82) is 0 Å². The number of para-hydroxylation sites is 1. The van der Waals surface area contributed by atoms with Crippen LogP contribution in [0.5, 0.6) is 0 Å². The van der Waals surface area contributed by atoms with E-state index >= 15 is 0 Å². The lowest BCUT2D eigenvalue weighted by Crippen LogP contribution is -2.19. The van der Waals surface area contributed by atoms with E-state index in [1.165, 1.54) is 18.2 Å². The minimum atomic E-state index is -3.42. The second kappa shape index (κ2) is 6.57. The van der Waals surface area contributed by atoms with E-state index < -0.39 is 15.7 Å². The maximum atomic E-state index is 12.6. The fraction of sp³-hybridized carbons (Fsp3) is 0.278. The normalized spacial score (nSPS) is 12.0. The van der Waals surface area contributed by atoms with E-state index in [0.717, 1.165) is 11.8 Å². The number of anilines is 1. The minimum absolute atomic E-state index is 0.0566. The lowest BCUT2D eigenvalue weighted by molar-refractivity contribution is 0.102. The van der Waals surface area contributed by atoms with Gasteiger partial charge in [0, 0.05) is 11.9 Å². The summed E-state index contributed by atoms with van der Waals surface area (Å²) in [5.41, 5.74) is 1.63. The molecule has 24 heavy (non-hydrogen) atoms.